The second-order valence-corrected chi connectivity index (χ2v) is 5.25. The first-order valence-electron chi connectivity index (χ1n) is 7.13. The highest BCUT2D eigenvalue weighted by molar-refractivity contribution is 5.78. The van der Waals surface area contributed by atoms with E-state index < -0.39 is 17.5 Å². The summed E-state index contributed by atoms with van der Waals surface area (Å²) in [7, 11) is 0. The van der Waals surface area contributed by atoms with Gasteiger partial charge in [0.15, 0.2) is 11.6 Å². The Morgan fingerprint density at radius 1 is 1.09 bits per heavy atom. The van der Waals surface area contributed by atoms with E-state index in [0.29, 0.717) is 17.6 Å². The predicted molar refractivity (Wildman–Crippen MR) is 84.7 cm³/mol. The monoisotopic (exact) mass is 305 g/mol. The Kier molecular flexibility index (Phi) is 4.91. The van der Waals surface area contributed by atoms with Crippen molar-refractivity contribution >= 4 is 16.9 Å². The molecular formula is C18H18F3N. The summed E-state index contributed by atoms with van der Waals surface area (Å²) >= 11 is 0. The summed E-state index contributed by atoms with van der Waals surface area (Å²) in [6, 6.07) is 7.05. The molecule has 0 atom stereocenters. The van der Waals surface area contributed by atoms with Crippen molar-refractivity contribution in [2.45, 2.75) is 26.7 Å². The Hall–Kier alpha value is -2.23. The predicted octanol–water partition coefficient (Wildman–Crippen LogP) is 5.97. The number of hydrogen-bond donors (Lipinski definition) is 1. The molecule has 4 heteroatoms. The number of anilines is 2. The van der Waals surface area contributed by atoms with E-state index in [1.807, 2.05) is 6.92 Å². The molecule has 0 amide bonds. The van der Waals surface area contributed by atoms with Crippen LogP contribution < -0.4 is 5.32 Å². The molecule has 22 heavy (non-hydrogen) atoms. The summed E-state index contributed by atoms with van der Waals surface area (Å²) < 4.78 is 41.6. The third-order valence-electron chi connectivity index (χ3n) is 3.41. The number of nitrogens with one attached hydrogen (secondary N) is 1. The number of halogens is 3. The summed E-state index contributed by atoms with van der Waals surface area (Å²) in [5.41, 5.74) is 1.90. The average Bonchev–Trinajstić information content (AvgIpc) is 2.46. The van der Waals surface area contributed by atoms with Crippen LogP contribution >= 0.6 is 0 Å². The first-order chi connectivity index (χ1) is 10.4. The molecule has 0 spiro atoms. The number of aryl methyl sites for hydroxylation is 1. The molecule has 1 N–H and O–H groups in total. The summed E-state index contributed by atoms with van der Waals surface area (Å²) in [5.74, 6) is -2.53. The SMILES string of the molecule is C=C(CCC)c1ccc(F)c(F)c1Nc1ccc(C)cc1F. The van der Waals surface area contributed by atoms with Crippen molar-refractivity contribution in [1.29, 1.82) is 0 Å². The lowest BCUT2D eigenvalue weighted by Gasteiger charge is -2.16. The van der Waals surface area contributed by atoms with Gasteiger partial charge in [0.1, 0.15) is 5.82 Å². The molecule has 0 unspecified atom stereocenters. The van der Waals surface area contributed by atoms with Gasteiger partial charge in [-0.2, -0.15) is 0 Å². The smallest absolute Gasteiger partial charge is 0.182 e. The molecule has 0 radical (unpaired) electrons. The minimum absolute atomic E-state index is 0.0822. The van der Waals surface area contributed by atoms with Gasteiger partial charge in [-0.05, 0) is 48.7 Å². The molecule has 2 rings (SSSR count). The van der Waals surface area contributed by atoms with Crippen LogP contribution in [0.25, 0.3) is 5.57 Å². The van der Waals surface area contributed by atoms with E-state index in [0.717, 1.165) is 18.1 Å². The minimum atomic E-state index is -1.03. The lowest BCUT2D eigenvalue weighted by Crippen LogP contribution is -2.03. The van der Waals surface area contributed by atoms with Gasteiger partial charge in [-0.1, -0.05) is 26.0 Å². The van der Waals surface area contributed by atoms with Gasteiger partial charge in [0.2, 0.25) is 0 Å². The maximum absolute atomic E-state index is 14.2. The minimum Gasteiger partial charge on any atom is -0.350 e. The maximum Gasteiger partial charge on any atom is 0.182 e. The van der Waals surface area contributed by atoms with Gasteiger partial charge in [-0.3, -0.25) is 0 Å². The second kappa shape index (κ2) is 6.69. The van der Waals surface area contributed by atoms with Crippen molar-refractivity contribution in [3.8, 4) is 0 Å². The Labute approximate surface area is 128 Å². The summed E-state index contributed by atoms with van der Waals surface area (Å²) in [6.07, 6.45) is 1.48. The fraction of sp³-hybridized carbons (Fsp3) is 0.222. The van der Waals surface area contributed by atoms with Crippen LogP contribution in [0.5, 0.6) is 0 Å². The number of allylic oxidation sites excluding steroid dienone is 1. The topological polar surface area (TPSA) is 12.0 Å². The third kappa shape index (κ3) is 3.32. The van der Waals surface area contributed by atoms with Crippen LogP contribution in [-0.4, -0.2) is 0 Å². The van der Waals surface area contributed by atoms with E-state index in [9.17, 15) is 13.2 Å². The molecule has 0 aromatic heterocycles. The molecule has 116 valence electrons. The molecule has 0 fully saturated rings. The molecular weight excluding hydrogens is 287 g/mol. The van der Waals surface area contributed by atoms with E-state index in [2.05, 4.69) is 11.9 Å². The summed E-state index contributed by atoms with van der Waals surface area (Å²) in [6.45, 7) is 7.63. The first-order valence-corrected chi connectivity index (χ1v) is 7.13. The van der Waals surface area contributed by atoms with Gasteiger partial charge < -0.3 is 5.32 Å². The largest absolute Gasteiger partial charge is 0.350 e. The van der Waals surface area contributed by atoms with E-state index in [1.54, 1.807) is 13.0 Å². The Balaban J connectivity index is 2.48. The van der Waals surface area contributed by atoms with Crippen LogP contribution in [0.15, 0.2) is 36.9 Å². The van der Waals surface area contributed by atoms with E-state index in [1.165, 1.54) is 18.2 Å². The standard InChI is InChI=1S/C18H18F3N/c1-4-5-12(3)13-7-8-14(19)17(21)18(13)22-16-9-6-11(2)10-15(16)20/h6-10,22H,3-5H2,1-2H3. The second-order valence-electron chi connectivity index (χ2n) is 5.25. The highest BCUT2D eigenvalue weighted by atomic mass is 19.2. The third-order valence-corrected chi connectivity index (χ3v) is 3.41. The first kappa shape index (κ1) is 16.1. The molecule has 0 saturated heterocycles. The molecule has 0 aliphatic heterocycles. The molecule has 0 saturated carbocycles. The van der Waals surface area contributed by atoms with Crippen molar-refractivity contribution < 1.29 is 13.2 Å². The Bertz CT molecular complexity index is 708. The van der Waals surface area contributed by atoms with Gasteiger partial charge in [0.05, 0.1) is 11.4 Å². The van der Waals surface area contributed by atoms with Crippen molar-refractivity contribution in [3.63, 3.8) is 0 Å². The average molecular weight is 305 g/mol. The maximum atomic E-state index is 14.2. The van der Waals surface area contributed by atoms with E-state index in [-0.39, 0.29) is 11.4 Å². The van der Waals surface area contributed by atoms with Gasteiger partial charge in [0.25, 0.3) is 0 Å². The Morgan fingerprint density at radius 3 is 2.45 bits per heavy atom. The highest BCUT2D eigenvalue weighted by Gasteiger charge is 2.16. The van der Waals surface area contributed by atoms with Crippen molar-refractivity contribution in [2.24, 2.45) is 0 Å². The zero-order chi connectivity index (χ0) is 16.3. The summed E-state index contributed by atoms with van der Waals surface area (Å²) in [5, 5.41) is 2.67. The zero-order valence-corrected chi connectivity index (χ0v) is 12.6. The summed E-state index contributed by atoms with van der Waals surface area (Å²) in [4.78, 5) is 0. The van der Waals surface area contributed by atoms with Crippen molar-refractivity contribution in [2.75, 3.05) is 5.32 Å². The van der Waals surface area contributed by atoms with Crippen LogP contribution in [0, 0.1) is 24.4 Å². The molecule has 0 bridgehead atoms. The molecule has 1 nitrogen and oxygen atoms in total. The van der Waals surface area contributed by atoms with Crippen LogP contribution in [-0.2, 0) is 0 Å². The lowest BCUT2D eigenvalue weighted by molar-refractivity contribution is 0.511. The molecule has 2 aromatic rings. The molecule has 0 aliphatic rings. The number of benzene rings is 2. The highest BCUT2D eigenvalue weighted by Crippen LogP contribution is 2.33. The van der Waals surface area contributed by atoms with Gasteiger partial charge in [-0.25, -0.2) is 13.2 Å². The van der Waals surface area contributed by atoms with Gasteiger partial charge in [-0.15, -0.1) is 0 Å². The van der Waals surface area contributed by atoms with Gasteiger partial charge >= 0.3 is 0 Å². The quantitative estimate of drug-likeness (QED) is 0.717. The van der Waals surface area contributed by atoms with Gasteiger partial charge in [0, 0.05) is 5.56 Å². The molecule has 2 aromatic carbocycles. The van der Waals surface area contributed by atoms with Crippen molar-refractivity contribution in [3.05, 3.63) is 65.5 Å². The molecule has 0 heterocycles. The molecule has 0 aliphatic carbocycles. The van der Waals surface area contributed by atoms with E-state index >= 15 is 0 Å². The van der Waals surface area contributed by atoms with Crippen LogP contribution in [0.4, 0.5) is 24.5 Å². The Morgan fingerprint density at radius 2 is 1.82 bits per heavy atom. The lowest BCUT2D eigenvalue weighted by atomic mass is 10.0. The normalized spacial score (nSPS) is 10.6. The number of rotatable bonds is 5. The fourth-order valence-electron chi connectivity index (χ4n) is 2.26. The van der Waals surface area contributed by atoms with Crippen LogP contribution in [0.3, 0.4) is 0 Å². The zero-order valence-electron chi connectivity index (χ0n) is 12.6. The number of hydrogen-bond acceptors (Lipinski definition) is 1. The van der Waals surface area contributed by atoms with Crippen LogP contribution in [0.1, 0.15) is 30.9 Å². The van der Waals surface area contributed by atoms with E-state index in [4.69, 9.17) is 0 Å². The van der Waals surface area contributed by atoms with Crippen LogP contribution in [0.2, 0.25) is 0 Å². The fourth-order valence-corrected chi connectivity index (χ4v) is 2.26. The van der Waals surface area contributed by atoms with Crippen molar-refractivity contribution in [1.82, 2.24) is 0 Å².